The second-order valence-corrected chi connectivity index (χ2v) is 20.5. The van der Waals surface area contributed by atoms with Gasteiger partial charge in [0.2, 0.25) is 0 Å². The zero-order valence-electron chi connectivity index (χ0n) is 33.2. The molecule has 3 heterocycles. The molecule has 2 aromatic heterocycles. The molecule has 5 aliphatic rings. The molecule has 11 atom stereocenters. The molecule has 0 spiro atoms. The standard InChI is InChI=1S/C43H67N5O2/c1-28(2)29(3)38(7)18-19-41(10)31-12-13-34-40(9)24-49-26-43(34,32(31)14-17-39(41,8)23-38)22-33(35(40)50-25-42(11,44)37(4,5)6)48-36(46-27-47-48)30-15-20-45-21-16-30/h14-16,20-21,27-29,31,33-35H,12-13,17-19,22-26,44H2,1-11H3/t29-,31?,33?,34?,35?,38?,39?,40?,41?,42+,43?/m1/s1. The molecular weight excluding hydrogens is 619 g/mol. The zero-order chi connectivity index (χ0) is 36.1. The molecule has 9 unspecified atom stereocenters. The first-order chi connectivity index (χ1) is 23.3. The van der Waals surface area contributed by atoms with Crippen LogP contribution in [0.4, 0.5) is 0 Å². The average Bonchev–Trinajstić information content (AvgIpc) is 3.54. The van der Waals surface area contributed by atoms with Crippen molar-refractivity contribution in [1.82, 2.24) is 19.7 Å². The van der Waals surface area contributed by atoms with E-state index in [0.717, 1.165) is 36.8 Å². The Bertz CT molecular complexity index is 1590. The van der Waals surface area contributed by atoms with E-state index < -0.39 is 5.54 Å². The van der Waals surface area contributed by atoms with E-state index >= 15 is 0 Å². The second-order valence-electron chi connectivity index (χ2n) is 20.5. The van der Waals surface area contributed by atoms with E-state index in [0.29, 0.717) is 36.4 Å². The van der Waals surface area contributed by atoms with Crippen LogP contribution in [0.3, 0.4) is 0 Å². The van der Waals surface area contributed by atoms with E-state index in [4.69, 9.17) is 25.3 Å². The highest BCUT2D eigenvalue weighted by Crippen LogP contribution is 2.74. The molecule has 2 aromatic rings. The maximum absolute atomic E-state index is 7.23. The fraction of sp³-hybridized carbons (Fsp3) is 0.791. The van der Waals surface area contributed by atoms with Gasteiger partial charge in [-0.25, -0.2) is 9.67 Å². The molecule has 4 fully saturated rings. The van der Waals surface area contributed by atoms with Crippen molar-refractivity contribution < 1.29 is 9.47 Å². The minimum atomic E-state index is -0.501. The molecule has 2 N–H and O–H groups in total. The van der Waals surface area contributed by atoms with Gasteiger partial charge in [-0.15, -0.1) is 0 Å². The van der Waals surface area contributed by atoms with E-state index in [1.54, 1.807) is 11.9 Å². The van der Waals surface area contributed by atoms with Crippen LogP contribution in [0, 0.1) is 56.2 Å². The first-order valence-corrected chi connectivity index (χ1v) is 19.8. The number of allylic oxidation sites excluding steroid dienone is 1. The average molecular weight is 686 g/mol. The van der Waals surface area contributed by atoms with Crippen molar-refractivity contribution in [2.45, 2.75) is 139 Å². The normalized spacial score (nSPS) is 41.7. The number of aromatic nitrogens is 4. The third-order valence-electron chi connectivity index (χ3n) is 16.6. The van der Waals surface area contributed by atoms with E-state index in [1.807, 2.05) is 24.5 Å². The van der Waals surface area contributed by atoms with Gasteiger partial charge in [-0.2, -0.15) is 5.10 Å². The van der Waals surface area contributed by atoms with Crippen molar-refractivity contribution in [3.05, 3.63) is 42.5 Å². The minimum Gasteiger partial charge on any atom is -0.380 e. The molecule has 3 saturated carbocycles. The lowest BCUT2D eigenvalue weighted by Crippen LogP contribution is -2.68. The van der Waals surface area contributed by atoms with Crippen molar-refractivity contribution in [3.63, 3.8) is 0 Å². The third kappa shape index (κ3) is 5.24. The van der Waals surface area contributed by atoms with E-state index in [2.05, 4.69) is 91.9 Å². The lowest BCUT2D eigenvalue weighted by Gasteiger charge is -2.70. The molecule has 0 radical (unpaired) electrons. The van der Waals surface area contributed by atoms with Gasteiger partial charge < -0.3 is 15.2 Å². The molecule has 2 bridgehead atoms. The monoisotopic (exact) mass is 686 g/mol. The number of rotatable bonds is 7. The van der Waals surface area contributed by atoms with Gasteiger partial charge in [0.15, 0.2) is 5.82 Å². The summed E-state index contributed by atoms with van der Waals surface area (Å²) in [5.41, 5.74) is 9.82. The lowest BCUT2D eigenvalue weighted by atomic mass is 9.36. The van der Waals surface area contributed by atoms with Gasteiger partial charge >= 0.3 is 0 Å². The number of fused-ring (bicyclic) bond motifs is 3. The fourth-order valence-corrected chi connectivity index (χ4v) is 12.2. The van der Waals surface area contributed by atoms with Crippen molar-refractivity contribution >= 4 is 0 Å². The van der Waals surface area contributed by atoms with Crippen LogP contribution in [0.5, 0.6) is 0 Å². The molecule has 7 nitrogen and oxygen atoms in total. The van der Waals surface area contributed by atoms with Gasteiger partial charge in [-0.05, 0) is 109 Å². The summed E-state index contributed by atoms with van der Waals surface area (Å²) in [4.78, 5) is 9.16. The molecular formula is C43H67N5O2. The Kier molecular flexibility index (Phi) is 8.68. The maximum atomic E-state index is 7.23. The number of nitrogens with zero attached hydrogens (tertiary/aromatic N) is 4. The summed E-state index contributed by atoms with van der Waals surface area (Å²) in [7, 11) is 0. The summed E-state index contributed by atoms with van der Waals surface area (Å²) in [6.45, 7) is 28.5. The first-order valence-electron chi connectivity index (χ1n) is 19.8. The summed E-state index contributed by atoms with van der Waals surface area (Å²) in [5, 5.41) is 5.01. The van der Waals surface area contributed by atoms with Crippen LogP contribution in [-0.2, 0) is 9.47 Å². The molecule has 7 rings (SSSR count). The fourth-order valence-electron chi connectivity index (χ4n) is 12.2. The summed E-state index contributed by atoms with van der Waals surface area (Å²) < 4.78 is 16.3. The topological polar surface area (TPSA) is 88.1 Å². The molecule has 276 valence electrons. The number of nitrogens with two attached hydrogens (primary N) is 1. The summed E-state index contributed by atoms with van der Waals surface area (Å²) in [6, 6.07) is 4.08. The van der Waals surface area contributed by atoms with Gasteiger partial charge in [0.05, 0.1) is 32.0 Å². The Labute approximate surface area is 303 Å². The van der Waals surface area contributed by atoms with Crippen LogP contribution in [-0.4, -0.2) is 51.2 Å². The van der Waals surface area contributed by atoms with Crippen molar-refractivity contribution in [2.24, 2.45) is 61.9 Å². The number of pyridine rings is 1. The molecule has 0 amide bonds. The highest BCUT2D eigenvalue weighted by molar-refractivity contribution is 5.54. The maximum Gasteiger partial charge on any atom is 0.158 e. The predicted molar refractivity (Wildman–Crippen MR) is 201 cm³/mol. The first kappa shape index (κ1) is 36.3. The van der Waals surface area contributed by atoms with Crippen LogP contribution in [0.15, 0.2) is 42.5 Å². The van der Waals surface area contributed by atoms with Crippen LogP contribution < -0.4 is 5.73 Å². The van der Waals surface area contributed by atoms with Crippen molar-refractivity contribution in [3.8, 4) is 11.4 Å². The predicted octanol–water partition coefficient (Wildman–Crippen LogP) is 9.31. The second kappa shape index (κ2) is 12.0. The molecule has 1 saturated heterocycles. The van der Waals surface area contributed by atoms with Crippen molar-refractivity contribution in [1.29, 1.82) is 0 Å². The van der Waals surface area contributed by atoms with E-state index in [-0.39, 0.29) is 39.2 Å². The van der Waals surface area contributed by atoms with Gasteiger partial charge in [-0.3, -0.25) is 4.98 Å². The van der Waals surface area contributed by atoms with Crippen molar-refractivity contribution in [2.75, 3.05) is 19.8 Å². The van der Waals surface area contributed by atoms with E-state index in [1.165, 1.54) is 32.1 Å². The molecule has 50 heavy (non-hydrogen) atoms. The molecule has 4 aliphatic carbocycles. The minimum absolute atomic E-state index is 0.0103. The Morgan fingerprint density at radius 1 is 1.02 bits per heavy atom. The molecule has 0 aromatic carbocycles. The van der Waals surface area contributed by atoms with E-state index in [9.17, 15) is 0 Å². The Hall–Kier alpha value is -2.09. The number of hydrogen-bond acceptors (Lipinski definition) is 6. The Morgan fingerprint density at radius 2 is 1.74 bits per heavy atom. The highest BCUT2D eigenvalue weighted by Gasteiger charge is 2.69. The molecule has 1 aliphatic heterocycles. The SMILES string of the molecule is CC(C)[C@@H](C)C1(C)CCC2(C)C3CCC4C5(COCC4(C)C(OC[C@](C)(N)C(C)(C)C)C(n4ncnc4-c4ccncc4)C5)C3=CCC2(C)C1. The molecule has 7 heteroatoms. The Balaban J connectivity index is 1.32. The largest absolute Gasteiger partial charge is 0.380 e. The lowest BCUT2D eigenvalue weighted by molar-refractivity contribution is -0.250. The van der Waals surface area contributed by atoms with Crippen LogP contribution in [0.1, 0.15) is 127 Å². The van der Waals surface area contributed by atoms with Crippen LogP contribution in [0.25, 0.3) is 11.4 Å². The van der Waals surface area contributed by atoms with Gasteiger partial charge in [0, 0.05) is 34.3 Å². The zero-order valence-corrected chi connectivity index (χ0v) is 33.2. The summed E-state index contributed by atoms with van der Waals surface area (Å²) in [5.74, 6) is 3.35. The number of ether oxygens (including phenoxy) is 2. The van der Waals surface area contributed by atoms with Gasteiger partial charge in [0.1, 0.15) is 6.33 Å². The van der Waals surface area contributed by atoms with Crippen LogP contribution >= 0.6 is 0 Å². The Morgan fingerprint density at radius 3 is 2.42 bits per heavy atom. The van der Waals surface area contributed by atoms with Gasteiger partial charge in [0.25, 0.3) is 0 Å². The van der Waals surface area contributed by atoms with Crippen LogP contribution in [0.2, 0.25) is 0 Å². The summed E-state index contributed by atoms with van der Waals surface area (Å²) >= 11 is 0. The number of hydrogen-bond donors (Lipinski definition) is 1. The van der Waals surface area contributed by atoms with Gasteiger partial charge in [-0.1, -0.05) is 80.9 Å². The summed E-state index contributed by atoms with van der Waals surface area (Å²) in [6.07, 6.45) is 16.6. The quantitative estimate of drug-likeness (QED) is 0.292. The highest BCUT2D eigenvalue weighted by atomic mass is 16.5. The smallest absolute Gasteiger partial charge is 0.158 e. The third-order valence-corrected chi connectivity index (χ3v) is 16.6.